The first-order chi connectivity index (χ1) is 9.06. The van der Waals surface area contributed by atoms with Crippen molar-refractivity contribution < 1.29 is 15.0 Å². The first kappa shape index (κ1) is 16.2. The summed E-state index contributed by atoms with van der Waals surface area (Å²) in [6.07, 6.45) is 2.77. The van der Waals surface area contributed by atoms with Crippen LogP contribution in [0.25, 0.3) is 0 Å². The molecule has 112 valence electrons. The maximum absolute atomic E-state index is 11.3. The van der Waals surface area contributed by atoms with Gasteiger partial charge in [0.25, 0.3) is 0 Å². The Kier molecular flexibility index (Phi) is 7.12. The number of nitrogens with two attached hydrogens (primary N) is 1. The Hall–Kier alpha value is -0.850. The van der Waals surface area contributed by atoms with Crippen LogP contribution in [-0.2, 0) is 0 Å². The summed E-state index contributed by atoms with van der Waals surface area (Å²) in [6.45, 7) is 4.09. The molecule has 1 saturated heterocycles. The zero-order chi connectivity index (χ0) is 14.3. The predicted octanol–water partition coefficient (Wildman–Crippen LogP) is -0.111. The molecule has 3 atom stereocenters. The topological polar surface area (TPSA) is 98.8 Å². The SMILES string of the molecule is CCC(O)CC1CC(NCCCO)CN(C(N)=O)C1. The summed E-state index contributed by atoms with van der Waals surface area (Å²) in [5.41, 5.74) is 5.37. The Morgan fingerprint density at radius 3 is 2.84 bits per heavy atom. The van der Waals surface area contributed by atoms with Crippen LogP contribution >= 0.6 is 0 Å². The molecule has 0 radical (unpaired) electrons. The highest BCUT2D eigenvalue weighted by molar-refractivity contribution is 5.72. The van der Waals surface area contributed by atoms with Crippen LogP contribution in [0.15, 0.2) is 0 Å². The second-order valence-corrected chi connectivity index (χ2v) is 5.37. The van der Waals surface area contributed by atoms with E-state index in [4.69, 9.17) is 10.8 Å². The van der Waals surface area contributed by atoms with Gasteiger partial charge in [0, 0.05) is 25.7 Å². The van der Waals surface area contributed by atoms with Gasteiger partial charge in [-0.1, -0.05) is 6.92 Å². The molecule has 3 unspecified atom stereocenters. The third-order valence-corrected chi connectivity index (χ3v) is 3.69. The summed E-state index contributed by atoms with van der Waals surface area (Å²) in [6, 6.07) is -0.202. The van der Waals surface area contributed by atoms with Crippen molar-refractivity contribution in [1.82, 2.24) is 10.2 Å². The van der Waals surface area contributed by atoms with Gasteiger partial charge in [-0.3, -0.25) is 0 Å². The molecule has 0 saturated carbocycles. The van der Waals surface area contributed by atoms with E-state index in [9.17, 15) is 9.90 Å². The lowest BCUT2D eigenvalue weighted by Gasteiger charge is -2.38. The normalized spacial score (nSPS) is 25.3. The quantitative estimate of drug-likeness (QED) is 0.486. The van der Waals surface area contributed by atoms with Gasteiger partial charge in [0.1, 0.15) is 0 Å². The molecule has 1 fully saturated rings. The Labute approximate surface area is 115 Å². The number of carbonyl (C=O) groups excluding carboxylic acids is 1. The minimum atomic E-state index is -0.398. The molecule has 0 aromatic heterocycles. The fourth-order valence-electron chi connectivity index (χ4n) is 2.64. The standard InChI is InChI=1S/C13H27N3O3/c1-2-12(18)7-10-6-11(15-4-3-5-17)9-16(8-10)13(14)19/h10-12,15,17-18H,2-9H2,1H3,(H2,14,19). The molecule has 0 aromatic carbocycles. The molecule has 1 aliphatic rings. The van der Waals surface area contributed by atoms with Crippen LogP contribution in [0.4, 0.5) is 4.79 Å². The number of primary amides is 1. The van der Waals surface area contributed by atoms with Crippen LogP contribution in [0.5, 0.6) is 0 Å². The molecule has 0 spiro atoms. The van der Waals surface area contributed by atoms with Crippen molar-refractivity contribution in [2.45, 2.75) is 44.8 Å². The van der Waals surface area contributed by atoms with Gasteiger partial charge in [0.15, 0.2) is 0 Å². The Bertz CT molecular complexity index is 276. The van der Waals surface area contributed by atoms with E-state index in [-0.39, 0.29) is 24.7 Å². The van der Waals surface area contributed by atoms with E-state index in [0.29, 0.717) is 25.9 Å². The summed E-state index contributed by atoms with van der Waals surface area (Å²) in [5, 5.41) is 21.9. The lowest BCUT2D eigenvalue weighted by atomic mass is 9.89. The summed E-state index contributed by atoms with van der Waals surface area (Å²) in [5.74, 6) is 0.280. The molecule has 6 heteroatoms. The number of likely N-dealkylation sites (tertiary alicyclic amines) is 1. The monoisotopic (exact) mass is 273 g/mol. The zero-order valence-corrected chi connectivity index (χ0v) is 11.7. The number of nitrogens with one attached hydrogen (secondary N) is 1. The van der Waals surface area contributed by atoms with Crippen molar-refractivity contribution in [1.29, 1.82) is 0 Å². The maximum atomic E-state index is 11.3. The van der Waals surface area contributed by atoms with E-state index < -0.39 is 6.03 Å². The highest BCUT2D eigenvalue weighted by atomic mass is 16.3. The van der Waals surface area contributed by atoms with Crippen LogP contribution in [0.1, 0.15) is 32.6 Å². The molecule has 0 aromatic rings. The molecule has 19 heavy (non-hydrogen) atoms. The van der Waals surface area contributed by atoms with Gasteiger partial charge in [-0.2, -0.15) is 0 Å². The third kappa shape index (κ3) is 5.76. The smallest absolute Gasteiger partial charge is 0.314 e. The molecule has 1 rings (SSSR count). The average Bonchev–Trinajstić information content (AvgIpc) is 2.38. The maximum Gasteiger partial charge on any atom is 0.314 e. The third-order valence-electron chi connectivity index (χ3n) is 3.69. The second kappa shape index (κ2) is 8.35. The fraction of sp³-hybridized carbons (Fsp3) is 0.923. The largest absolute Gasteiger partial charge is 0.396 e. The number of aliphatic hydroxyl groups is 2. The van der Waals surface area contributed by atoms with E-state index >= 15 is 0 Å². The first-order valence-corrected chi connectivity index (χ1v) is 7.13. The van der Waals surface area contributed by atoms with Gasteiger partial charge in [-0.25, -0.2) is 4.79 Å². The van der Waals surface area contributed by atoms with Crippen LogP contribution in [0.2, 0.25) is 0 Å². The van der Waals surface area contributed by atoms with E-state index in [1.54, 1.807) is 4.90 Å². The molecule has 1 aliphatic heterocycles. The summed E-state index contributed by atoms with van der Waals surface area (Å²) in [4.78, 5) is 13.0. The predicted molar refractivity (Wildman–Crippen MR) is 73.7 cm³/mol. The molecular weight excluding hydrogens is 246 g/mol. The molecule has 6 nitrogen and oxygen atoms in total. The molecule has 5 N–H and O–H groups in total. The van der Waals surface area contributed by atoms with E-state index in [0.717, 1.165) is 19.4 Å². The van der Waals surface area contributed by atoms with E-state index in [1.165, 1.54) is 0 Å². The Morgan fingerprint density at radius 1 is 1.53 bits per heavy atom. The van der Waals surface area contributed by atoms with Crippen molar-refractivity contribution in [2.75, 3.05) is 26.2 Å². The number of carbonyl (C=O) groups is 1. The van der Waals surface area contributed by atoms with Crippen LogP contribution in [-0.4, -0.2) is 59.5 Å². The molecule has 0 bridgehead atoms. The average molecular weight is 273 g/mol. The van der Waals surface area contributed by atoms with Gasteiger partial charge < -0.3 is 26.2 Å². The van der Waals surface area contributed by atoms with Crippen molar-refractivity contribution >= 4 is 6.03 Å². The molecule has 2 amide bonds. The number of rotatable bonds is 7. The van der Waals surface area contributed by atoms with Gasteiger partial charge >= 0.3 is 6.03 Å². The first-order valence-electron chi connectivity index (χ1n) is 7.13. The summed E-state index contributed by atoms with van der Waals surface area (Å²) in [7, 11) is 0. The van der Waals surface area contributed by atoms with Crippen LogP contribution in [0.3, 0.4) is 0 Å². The number of amides is 2. The fourth-order valence-corrected chi connectivity index (χ4v) is 2.64. The summed E-state index contributed by atoms with van der Waals surface area (Å²) < 4.78 is 0. The second-order valence-electron chi connectivity index (χ2n) is 5.37. The molecule has 0 aliphatic carbocycles. The van der Waals surface area contributed by atoms with Crippen molar-refractivity contribution in [3.05, 3.63) is 0 Å². The van der Waals surface area contributed by atoms with Gasteiger partial charge in [0.2, 0.25) is 0 Å². The minimum absolute atomic E-state index is 0.164. The number of piperidine rings is 1. The lowest BCUT2D eigenvalue weighted by Crippen LogP contribution is -2.53. The van der Waals surface area contributed by atoms with E-state index in [1.807, 2.05) is 6.92 Å². The lowest BCUT2D eigenvalue weighted by molar-refractivity contribution is 0.0953. The highest BCUT2D eigenvalue weighted by Crippen LogP contribution is 2.22. The number of nitrogens with zero attached hydrogens (tertiary/aromatic N) is 1. The number of hydrogen-bond donors (Lipinski definition) is 4. The number of hydrogen-bond acceptors (Lipinski definition) is 4. The van der Waals surface area contributed by atoms with Crippen LogP contribution in [0, 0.1) is 5.92 Å². The highest BCUT2D eigenvalue weighted by Gasteiger charge is 2.29. The Morgan fingerprint density at radius 2 is 2.26 bits per heavy atom. The van der Waals surface area contributed by atoms with Crippen LogP contribution < -0.4 is 11.1 Å². The van der Waals surface area contributed by atoms with Crippen molar-refractivity contribution in [3.63, 3.8) is 0 Å². The number of aliphatic hydroxyl groups excluding tert-OH is 2. The Balaban J connectivity index is 2.50. The zero-order valence-electron chi connectivity index (χ0n) is 11.7. The summed E-state index contributed by atoms with van der Waals surface area (Å²) >= 11 is 0. The van der Waals surface area contributed by atoms with Gasteiger partial charge in [0.05, 0.1) is 6.10 Å². The van der Waals surface area contributed by atoms with Crippen molar-refractivity contribution in [3.8, 4) is 0 Å². The van der Waals surface area contributed by atoms with Gasteiger partial charge in [-0.05, 0) is 38.1 Å². The number of urea groups is 1. The van der Waals surface area contributed by atoms with Crippen molar-refractivity contribution in [2.24, 2.45) is 11.7 Å². The molecular formula is C13H27N3O3. The minimum Gasteiger partial charge on any atom is -0.396 e. The molecule has 1 heterocycles. The van der Waals surface area contributed by atoms with Gasteiger partial charge in [-0.15, -0.1) is 0 Å². The van der Waals surface area contributed by atoms with E-state index in [2.05, 4.69) is 5.32 Å².